The fourth-order valence-corrected chi connectivity index (χ4v) is 3.24. The first-order valence-electron chi connectivity index (χ1n) is 7.70. The van der Waals surface area contributed by atoms with Gasteiger partial charge in [-0.1, -0.05) is 67.6 Å². The zero-order valence-electron chi connectivity index (χ0n) is 13.3. The molecule has 0 amide bonds. The lowest BCUT2D eigenvalue weighted by molar-refractivity contribution is 0.101. The van der Waals surface area contributed by atoms with Crippen molar-refractivity contribution < 1.29 is 18.9 Å². The quantitative estimate of drug-likeness (QED) is 0.717. The lowest BCUT2D eigenvalue weighted by Crippen LogP contribution is -2.31. The molecule has 2 aromatic rings. The molecule has 23 heavy (non-hydrogen) atoms. The largest absolute Gasteiger partial charge is 0.469 e. The highest BCUT2D eigenvalue weighted by atomic mass is 31.2. The van der Waals surface area contributed by atoms with E-state index in [4.69, 9.17) is 14.3 Å². The molecule has 2 aromatic carbocycles. The van der Waals surface area contributed by atoms with Gasteiger partial charge in [-0.05, 0) is 30.4 Å². The Balaban J connectivity index is 2.25. The summed E-state index contributed by atoms with van der Waals surface area (Å²) in [6.07, 6.45) is 2.18. The second-order valence-corrected chi connectivity index (χ2v) is 7.18. The van der Waals surface area contributed by atoms with E-state index in [1.165, 1.54) is 0 Å². The van der Waals surface area contributed by atoms with Crippen LogP contribution in [0.4, 0.5) is 0 Å². The van der Waals surface area contributed by atoms with Crippen LogP contribution in [0.25, 0.3) is 0 Å². The van der Waals surface area contributed by atoms with Crippen molar-refractivity contribution in [1.29, 1.82) is 0 Å². The van der Waals surface area contributed by atoms with Crippen LogP contribution >= 0.6 is 7.82 Å². The molecular formula is C18H23O4P. The van der Waals surface area contributed by atoms with Gasteiger partial charge in [0.15, 0.2) is 0 Å². The normalized spacial score (nSPS) is 12.3. The van der Waals surface area contributed by atoms with E-state index in [1.54, 1.807) is 0 Å². The fraction of sp³-hybridized carbons (Fsp3) is 0.333. The van der Waals surface area contributed by atoms with Crippen molar-refractivity contribution >= 4 is 7.82 Å². The minimum Gasteiger partial charge on any atom is -0.303 e. The lowest BCUT2D eigenvalue weighted by atomic mass is 9.75. The van der Waals surface area contributed by atoms with Crippen LogP contribution in [0.5, 0.6) is 0 Å². The molecule has 2 N–H and O–H groups in total. The highest BCUT2D eigenvalue weighted by molar-refractivity contribution is 7.46. The van der Waals surface area contributed by atoms with Gasteiger partial charge in [0.05, 0.1) is 6.61 Å². The van der Waals surface area contributed by atoms with E-state index in [0.29, 0.717) is 12.8 Å². The summed E-state index contributed by atoms with van der Waals surface area (Å²) in [4.78, 5) is 18.2. The average molecular weight is 334 g/mol. The zero-order chi connectivity index (χ0) is 16.8. The second-order valence-electron chi connectivity index (χ2n) is 5.94. The maximum Gasteiger partial charge on any atom is 0.469 e. The molecule has 0 aliphatic rings. The van der Waals surface area contributed by atoms with E-state index in [0.717, 1.165) is 17.5 Å². The smallest absolute Gasteiger partial charge is 0.303 e. The Hall–Kier alpha value is -1.45. The third-order valence-electron chi connectivity index (χ3n) is 4.13. The van der Waals surface area contributed by atoms with Crippen LogP contribution in [0.15, 0.2) is 60.7 Å². The molecule has 0 saturated heterocycles. The third kappa shape index (κ3) is 5.92. The van der Waals surface area contributed by atoms with E-state index in [2.05, 4.69) is 0 Å². The predicted octanol–water partition coefficient (Wildman–Crippen LogP) is 3.98. The molecule has 0 atom stereocenters. The second kappa shape index (κ2) is 7.89. The van der Waals surface area contributed by atoms with Crippen LogP contribution in [0.2, 0.25) is 0 Å². The fourth-order valence-electron chi connectivity index (χ4n) is 2.80. The molecule has 0 unspecified atom stereocenters. The highest BCUT2D eigenvalue weighted by Gasteiger charge is 2.32. The molecule has 0 saturated carbocycles. The molecule has 0 aliphatic carbocycles. The Morgan fingerprint density at radius 1 is 0.913 bits per heavy atom. The van der Waals surface area contributed by atoms with Crippen LogP contribution in [0.3, 0.4) is 0 Å². The summed E-state index contributed by atoms with van der Waals surface area (Å²) >= 11 is 0. The van der Waals surface area contributed by atoms with Crippen LogP contribution in [-0.2, 0) is 21.9 Å². The number of phosphoric acid groups is 1. The van der Waals surface area contributed by atoms with Gasteiger partial charge in [-0.2, -0.15) is 0 Å². The Labute approximate surface area is 137 Å². The molecule has 0 aliphatic heterocycles. The minimum atomic E-state index is -4.48. The first-order chi connectivity index (χ1) is 10.9. The summed E-state index contributed by atoms with van der Waals surface area (Å²) in [7, 11) is -4.48. The Morgan fingerprint density at radius 3 is 1.70 bits per heavy atom. The van der Waals surface area contributed by atoms with Crippen LogP contribution in [0, 0.1) is 5.41 Å². The topological polar surface area (TPSA) is 66.8 Å². The standard InChI is InChI=1S/C18H23O4P/c1-2-18(15-22-23(19,20)21,13-16-9-5-3-6-10-16)14-17-11-7-4-8-12-17/h3-12H,2,13-15H2,1H3,(H2,19,20,21). The SMILES string of the molecule is CCC(COP(=O)(O)O)(Cc1ccccc1)Cc1ccccc1. The van der Waals surface area contributed by atoms with Gasteiger partial charge < -0.3 is 9.79 Å². The van der Waals surface area contributed by atoms with Gasteiger partial charge in [0.2, 0.25) is 0 Å². The van der Waals surface area contributed by atoms with Gasteiger partial charge in [0.1, 0.15) is 0 Å². The Morgan fingerprint density at radius 2 is 1.35 bits per heavy atom. The lowest BCUT2D eigenvalue weighted by Gasteiger charge is -2.33. The molecule has 0 spiro atoms. The van der Waals surface area contributed by atoms with Crippen LogP contribution in [-0.4, -0.2) is 16.4 Å². The van der Waals surface area contributed by atoms with E-state index >= 15 is 0 Å². The summed E-state index contributed by atoms with van der Waals surface area (Å²) < 4.78 is 16.1. The third-order valence-corrected chi connectivity index (χ3v) is 4.60. The van der Waals surface area contributed by atoms with Gasteiger partial charge in [-0.15, -0.1) is 0 Å². The predicted molar refractivity (Wildman–Crippen MR) is 91.0 cm³/mol. The van der Waals surface area contributed by atoms with Gasteiger partial charge in [0, 0.05) is 5.41 Å². The van der Waals surface area contributed by atoms with E-state index in [9.17, 15) is 4.57 Å². The van der Waals surface area contributed by atoms with Crippen molar-refractivity contribution in [3.05, 3.63) is 71.8 Å². The highest BCUT2D eigenvalue weighted by Crippen LogP contribution is 2.41. The van der Waals surface area contributed by atoms with Crippen molar-refractivity contribution in [3.63, 3.8) is 0 Å². The molecular weight excluding hydrogens is 311 g/mol. The van der Waals surface area contributed by atoms with Gasteiger partial charge >= 0.3 is 7.82 Å². The van der Waals surface area contributed by atoms with E-state index < -0.39 is 7.82 Å². The summed E-state index contributed by atoms with van der Waals surface area (Å²) in [6, 6.07) is 20.0. The van der Waals surface area contributed by atoms with Crippen molar-refractivity contribution in [2.75, 3.05) is 6.61 Å². The van der Waals surface area contributed by atoms with Gasteiger partial charge in [0.25, 0.3) is 0 Å². The monoisotopic (exact) mass is 334 g/mol. The number of hydrogen-bond donors (Lipinski definition) is 2. The number of phosphoric ester groups is 1. The van der Waals surface area contributed by atoms with Crippen molar-refractivity contribution in [1.82, 2.24) is 0 Å². The van der Waals surface area contributed by atoms with E-state index in [-0.39, 0.29) is 12.0 Å². The zero-order valence-corrected chi connectivity index (χ0v) is 14.2. The molecule has 2 rings (SSSR count). The summed E-state index contributed by atoms with van der Waals surface area (Å²) in [5.41, 5.74) is 1.92. The Kier molecular flexibility index (Phi) is 6.14. The molecule has 0 heterocycles. The van der Waals surface area contributed by atoms with Crippen molar-refractivity contribution in [3.8, 4) is 0 Å². The first kappa shape index (κ1) is 17.9. The molecule has 4 nitrogen and oxygen atoms in total. The maximum absolute atomic E-state index is 11.2. The first-order valence-corrected chi connectivity index (χ1v) is 9.23. The maximum atomic E-state index is 11.2. The number of hydrogen-bond acceptors (Lipinski definition) is 2. The van der Waals surface area contributed by atoms with Crippen LogP contribution in [0.1, 0.15) is 24.5 Å². The molecule has 0 radical (unpaired) electrons. The molecule has 0 bridgehead atoms. The van der Waals surface area contributed by atoms with Gasteiger partial charge in [-0.3, -0.25) is 4.52 Å². The molecule has 124 valence electrons. The Bertz CT molecular complexity index is 595. The van der Waals surface area contributed by atoms with Gasteiger partial charge in [-0.25, -0.2) is 4.57 Å². The molecule has 0 fully saturated rings. The number of rotatable bonds is 8. The summed E-state index contributed by atoms with van der Waals surface area (Å²) in [5, 5.41) is 0. The van der Waals surface area contributed by atoms with Crippen LogP contribution < -0.4 is 0 Å². The average Bonchev–Trinajstić information content (AvgIpc) is 2.54. The number of benzene rings is 2. The van der Waals surface area contributed by atoms with Crippen molar-refractivity contribution in [2.45, 2.75) is 26.2 Å². The summed E-state index contributed by atoms with van der Waals surface area (Å²) in [6.45, 7) is 2.06. The molecule has 0 aromatic heterocycles. The minimum absolute atomic E-state index is 0.0254. The van der Waals surface area contributed by atoms with Crippen molar-refractivity contribution in [2.24, 2.45) is 5.41 Å². The molecule has 5 heteroatoms. The summed E-state index contributed by atoms with van der Waals surface area (Å²) in [5.74, 6) is 0. The van der Waals surface area contributed by atoms with E-state index in [1.807, 2.05) is 67.6 Å².